The van der Waals surface area contributed by atoms with Gasteiger partial charge >= 0.3 is 0 Å². The van der Waals surface area contributed by atoms with Crippen LogP contribution in [0.2, 0.25) is 0 Å². The van der Waals surface area contributed by atoms with Gasteiger partial charge in [-0.25, -0.2) is 0 Å². The molecule has 112 valence electrons. The first kappa shape index (κ1) is 16.4. The Balaban J connectivity index is 2.34. The second-order valence-corrected chi connectivity index (χ2v) is 5.82. The minimum atomic E-state index is 0.0973. The summed E-state index contributed by atoms with van der Waals surface area (Å²) < 4.78 is 5.62. The molecule has 0 aliphatic carbocycles. The first-order valence-electron chi connectivity index (χ1n) is 7.70. The van der Waals surface area contributed by atoms with Crippen LogP contribution in [0.3, 0.4) is 0 Å². The maximum atomic E-state index is 12.4. The van der Waals surface area contributed by atoms with Gasteiger partial charge in [0.05, 0.1) is 6.10 Å². The molecule has 1 aliphatic rings. The van der Waals surface area contributed by atoms with Crippen molar-refractivity contribution in [2.24, 2.45) is 11.7 Å². The molecule has 3 atom stereocenters. The first-order chi connectivity index (χ1) is 9.04. The molecule has 4 nitrogen and oxygen atoms in total. The zero-order valence-electron chi connectivity index (χ0n) is 12.7. The normalized spacial score (nSPS) is 22.2. The van der Waals surface area contributed by atoms with Crippen molar-refractivity contribution in [3.05, 3.63) is 0 Å². The van der Waals surface area contributed by atoms with E-state index in [0.717, 1.165) is 51.8 Å². The van der Waals surface area contributed by atoms with Gasteiger partial charge in [-0.05, 0) is 39.5 Å². The van der Waals surface area contributed by atoms with Crippen LogP contribution in [0, 0.1) is 5.92 Å². The molecule has 1 amide bonds. The molecule has 0 aromatic rings. The number of hydrogen-bond donors (Lipinski definition) is 1. The lowest BCUT2D eigenvalue weighted by atomic mass is 10.0. The second-order valence-electron chi connectivity index (χ2n) is 5.82. The summed E-state index contributed by atoms with van der Waals surface area (Å²) in [6.45, 7) is 8.47. The standard InChI is InChI=1S/C15H30N2O2/c1-4-17(11-14-9-6-10-19-14)15(18)12(2)7-5-8-13(3)16/h12-14H,4-11,16H2,1-3H3. The molecule has 1 saturated heterocycles. The summed E-state index contributed by atoms with van der Waals surface area (Å²) in [5.74, 6) is 0.364. The zero-order valence-corrected chi connectivity index (χ0v) is 12.7. The number of carbonyl (C=O) groups excluding carboxylic acids is 1. The lowest BCUT2D eigenvalue weighted by Crippen LogP contribution is -2.40. The summed E-state index contributed by atoms with van der Waals surface area (Å²) in [5, 5.41) is 0. The summed E-state index contributed by atoms with van der Waals surface area (Å²) >= 11 is 0. The average Bonchev–Trinajstić information content (AvgIpc) is 2.87. The number of rotatable bonds is 8. The van der Waals surface area contributed by atoms with E-state index in [1.807, 2.05) is 25.7 Å². The monoisotopic (exact) mass is 270 g/mol. The van der Waals surface area contributed by atoms with Crippen molar-refractivity contribution in [3.8, 4) is 0 Å². The van der Waals surface area contributed by atoms with E-state index >= 15 is 0 Å². The quantitative estimate of drug-likeness (QED) is 0.735. The highest BCUT2D eigenvalue weighted by Crippen LogP contribution is 2.17. The van der Waals surface area contributed by atoms with Crippen LogP contribution in [0.5, 0.6) is 0 Å². The molecule has 0 radical (unpaired) electrons. The van der Waals surface area contributed by atoms with E-state index in [9.17, 15) is 4.79 Å². The molecule has 19 heavy (non-hydrogen) atoms. The smallest absolute Gasteiger partial charge is 0.225 e. The van der Waals surface area contributed by atoms with Crippen LogP contribution in [0.4, 0.5) is 0 Å². The van der Waals surface area contributed by atoms with E-state index < -0.39 is 0 Å². The molecular formula is C15H30N2O2. The number of ether oxygens (including phenoxy) is 1. The molecule has 2 N–H and O–H groups in total. The third-order valence-corrected chi connectivity index (χ3v) is 3.86. The number of carbonyl (C=O) groups is 1. The summed E-state index contributed by atoms with van der Waals surface area (Å²) in [6, 6.07) is 0.233. The number of nitrogens with two attached hydrogens (primary N) is 1. The van der Waals surface area contributed by atoms with E-state index in [4.69, 9.17) is 10.5 Å². The highest BCUT2D eigenvalue weighted by atomic mass is 16.5. The van der Waals surface area contributed by atoms with Gasteiger partial charge in [-0.2, -0.15) is 0 Å². The highest BCUT2D eigenvalue weighted by molar-refractivity contribution is 5.78. The molecule has 0 saturated carbocycles. The predicted molar refractivity (Wildman–Crippen MR) is 77.9 cm³/mol. The molecule has 0 spiro atoms. The summed E-state index contributed by atoms with van der Waals surface area (Å²) in [7, 11) is 0. The van der Waals surface area contributed by atoms with Crippen LogP contribution in [0.15, 0.2) is 0 Å². The highest BCUT2D eigenvalue weighted by Gasteiger charge is 2.24. The fourth-order valence-electron chi connectivity index (χ4n) is 2.59. The van der Waals surface area contributed by atoms with Gasteiger partial charge in [0.2, 0.25) is 5.91 Å². The third-order valence-electron chi connectivity index (χ3n) is 3.86. The molecule has 1 heterocycles. The van der Waals surface area contributed by atoms with E-state index in [-0.39, 0.29) is 24.0 Å². The molecule has 4 heteroatoms. The molecule has 0 aromatic heterocycles. The van der Waals surface area contributed by atoms with Crippen LogP contribution in [-0.2, 0) is 9.53 Å². The Labute approximate surface area is 117 Å². The Bertz CT molecular complexity index is 263. The van der Waals surface area contributed by atoms with Gasteiger partial charge in [-0.3, -0.25) is 4.79 Å². The van der Waals surface area contributed by atoms with E-state index in [2.05, 4.69) is 0 Å². The van der Waals surface area contributed by atoms with Gasteiger partial charge in [0.15, 0.2) is 0 Å². The van der Waals surface area contributed by atoms with Crippen molar-refractivity contribution >= 4 is 5.91 Å². The van der Waals surface area contributed by atoms with Crippen LogP contribution in [0.1, 0.15) is 52.9 Å². The van der Waals surface area contributed by atoms with Crippen molar-refractivity contribution in [2.75, 3.05) is 19.7 Å². The molecule has 1 aliphatic heterocycles. The number of nitrogens with zero attached hydrogens (tertiary/aromatic N) is 1. The molecule has 1 rings (SSSR count). The van der Waals surface area contributed by atoms with Crippen molar-refractivity contribution < 1.29 is 9.53 Å². The Morgan fingerprint density at radius 1 is 1.42 bits per heavy atom. The number of hydrogen-bond acceptors (Lipinski definition) is 3. The molecular weight excluding hydrogens is 240 g/mol. The lowest BCUT2D eigenvalue weighted by molar-refractivity contribution is -0.136. The molecule has 3 unspecified atom stereocenters. The van der Waals surface area contributed by atoms with Crippen LogP contribution < -0.4 is 5.73 Å². The minimum absolute atomic E-state index is 0.0973. The Hall–Kier alpha value is -0.610. The second kappa shape index (κ2) is 8.54. The van der Waals surface area contributed by atoms with Gasteiger partial charge in [-0.15, -0.1) is 0 Å². The topological polar surface area (TPSA) is 55.6 Å². The SMILES string of the molecule is CCN(CC1CCCO1)C(=O)C(C)CCCC(C)N. The largest absolute Gasteiger partial charge is 0.376 e. The van der Waals surface area contributed by atoms with Crippen LogP contribution >= 0.6 is 0 Å². The third kappa shape index (κ3) is 5.91. The molecule has 1 fully saturated rings. The van der Waals surface area contributed by atoms with Crippen molar-refractivity contribution in [3.63, 3.8) is 0 Å². The Morgan fingerprint density at radius 3 is 2.68 bits per heavy atom. The Morgan fingerprint density at radius 2 is 2.16 bits per heavy atom. The van der Waals surface area contributed by atoms with Crippen molar-refractivity contribution in [1.82, 2.24) is 4.90 Å². The lowest BCUT2D eigenvalue weighted by Gasteiger charge is -2.27. The molecule has 0 bridgehead atoms. The maximum absolute atomic E-state index is 12.4. The number of amides is 1. The predicted octanol–water partition coefficient (Wildman–Crippen LogP) is 2.17. The van der Waals surface area contributed by atoms with Gasteiger partial charge < -0.3 is 15.4 Å². The van der Waals surface area contributed by atoms with Crippen LogP contribution in [0.25, 0.3) is 0 Å². The fraction of sp³-hybridized carbons (Fsp3) is 0.933. The number of likely N-dealkylation sites (N-methyl/N-ethyl adjacent to an activating group) is 1. The maximum Gasteiger partial charge on any atom is 0.225 e. The average molecular weight is 270 g/mol. The summed E-state index contributed by atoms with van der Waals surface area (Å²) in [5.41, 5.74) is 5.74. The minimum Gasteiger partial charge on any atom is -0.376 e. The van der Waals surface area contributed by atoms with Gasteiger partial charge in [0.1, 0.15) is 0 Å². The fourth-order valence-corrected chi connectivity index (χ4v) is 2.59. The van der Waals surface area contributed by atoms with Crippen molar-refractivity contribution in [2.45, 2.75) is 65.0 Å². The van der Waals surface area contributed by atoms with Gasteiger partial charge in [0.25, 0.3) is 0 Å². The zero-order chi connectivity index (χ0) is 14.3. The van der Waals surface area contributed by atoms with Crippen LogP contribution in [-0.4, -0.2) is 42.6 Å². The van der Waals surface area contributed by atoms with Crippen molar-refractivity contribution in [1.29, 1.82) is 0 Å². The van der Waals surface area contributed by atoms with Gasteiger partial charge in [0, 0.05) is 31.7 Å². The first-order valence-corrected chi connectivity index (χ1v) is 7.70. The Kier molecular flexibility index (Phi) is 7.39. The van der Waals surface area contributed by atoms with E-state index in [0.29, 0.717) is 0 Å². The van der Waals surface area contributed by atoms with E-state index in [1.165, 1.54) is 0 Å². The van der Waals surface area contributed by atoms with E-state index in [1.54, 1.807) is 0 Å². The molecule has 0 aromatic carbocycles. The van der Waals surface area contributed by atoms with Gasteiger partial charge in [-0.1, -0.05) is 13.3 Å². The summed E-state index contributed by atoms with van der Waals surface area (Å²) in [6.07, 6.45) is 5.42. The summed E-state index contributed by atoms with van der Waals surface area (Å²) in [4.78, 5) is 14.3.